The summed E-state index contributed by atoms with van der Waals surface area (Å²) in [5, 5.41) is 7.42. The average Bonchev–Trinajstić information content (AvgIpc) is 3.04. The van der Waals surface area contributed by atoms with Crippen molar-refractivity contribution in [3.05, 3.63) is 23.1 Å². The third-order valence-electron chi connectivity index (χ3n) is 4.27. The molecule has 0 saturated heterocycles. The van der Waals surface area contributed by atoms with E-state index in [0.29, 0.717) is 25.2 Å². The lowest BCUT2D eigenvalue weighted by Gasteiger charge is -2.27. The molecule has 114 valence electrons. The summed E-state index contributed by atoms with van der Waals surface area (Å²) < 4.78 is 26.2. The van der Waals surface area contributed by atoms with Crippen LogP contribution < -0.4 is 5.32 Å². The summed E-state index contributed by atoms with van der Waals surface area (Å²) in [5.74, 6) is 0.650. The summed E-state index contributed by atoms with van der Waals surface area (Å²) in [6.45, 7) is 0.385. The molecule has 0 spiro atoms. The summed E-state index contributed by atoms with van der Waals surface area (Å²) in [6, 6.07) is 0. The fourth-order valence-electron chi connectivity index (χ4n) is 2.98. The molecule has 0 aliphatic heterocycles. The molecule has 0 atom stereocenters. The lowest BCUT2D eigenvalue weighted by molar-refractivity contribution is 0.528. The summed E-state index contributed by atoms with van der Waals surface area (Å²) >= 11 is 3.44. The third kappa shape index (κ3) is 2.55. The molecule has 0 unspecified atom stereocenters. The first-order valence-corrected chi connectivity index (χ1v) is 9.53. The Morgan fingerprint density at radius 3 is 2.81 bits per heavy atom. The number of anilines is 1. The van der Waals surface area contributed by atoms with Gasteiger partial charge in [0.05, 0.1) is 15.4 Å². The number of rotatable bonds is 4. The highest BCUT2D eigenvalue weighted by Crippen LogP contribution is 2.37. The van der Waals surface area contributed by atoms with Gasteiger partial charge in [-0.05, 0) is 28.8 Å². The van der Waals surface area contributed by atoms with E-state index in [1.54, 1.807) is 23.1 Å². The molecule has 0 radical (unpaired) electrons. The maximum absolute atomic E-state index is 12.2. The lowest BCUT2D eigenvalue weighted by atomic mass is 10.1. The number of fused-ring (bicyclic) bond motifs is 1. The summed E-state index contributed by atoms with van der Waals surface area (Å²) in [7, 11) is -3.11. The molecule has 2 aromatic heterocycles. The van der Waals surface area contributed by atoms with Crippen molar-refractivity contribution in [1.82, 2.24) is 14.6 Å². The molecule has 1 N–H and O–H groups in total. The van der Waals surface area contributed by atoms with Gasteiger partial charge in [0.25, 0.3) is 0 Å². The number of aromatic nitrogens is 3. The van der Waals surface area contributed by atoms with Crippen molar-refractivity contribution >= 4 is 37.1 Å². The van der Waals surface area contributed by atoms with Crippen LogP contribution >= 0.6 is 15.9 Å². The van der Waals surface area contributed by atoms with Crippen LogP contribution in [0.2, 0.25) is 0 Å². The predicted octanol–water partition coefficient (Wildman–Crippen LogP) is 2.26. The standard InChI is InChI=1S/C13H17BrN4O2S/c1-21(19,20)13(4-2-3-5-13)9-16-12-11-10(14)8-17-18(11)7-6-15-12/h6-8H,2-5,9H2,1H3,(H,15,16). The molecule has 0 bridgehead atoms. The van der Waals surface area contributed by atoms with Gasteiger partial charge in [-0.25, -0.2) is 17.9 Å². The molecule has 1 aliphatic rings. The van der Waals surface area contributed by atoms with Crippen molar-refractivity contribution in [2.45, 2.75) is 30.4 Å². The lowest BCUT2D eigenvalue weighted by Crippen LogP contribution is -2.42. The fraction of sp³-hybridized carbons (Fsp3) is 0.538. The summed E-state index contributed by atoms with van der Waals surface area (Å²) in [5.41, 5.74) is 0.819. The minimum Gasteiger partial charge on any atom is -0.367 e. The number of sulfone groups is 1. The molecular formula is C13H17BrN4O2S. The largest absolute Gasteiger partial charge is 0.367 e. The average molecular weight is 373 g/mol. The van der Waals surface area contributed by atoms with Crippen LogP contribution in [0.5, 0.6) is 0 Å². The van der Waals surface area contributed by atoms with Crippen LogP contribution in [0.15, 0.2) is 23.1 Å². The highest BCUT2D eigenvalue weighted by molar-refractivity contribution is 9.10. The Hall–Kier alpha value is -1.15. The Kier molecular flexibility index (Phi) is 3.69. The predicted molar refractivity (Wildman–Crippen MR) is 85.2 cm³/mol. The van der Waals surface area contributed by atoms with Crippen LogP contribution in [-0.2, 0) is 9.84 Å². The third-order valence-corrected chi connectivity index (χ3v) is 6.97. The Balaban J connectivity index is 1.91. The Morgan fingerprint density at radius 1 is 1.43 bits per heavy atom. The highest BCUT2D eigenvalue weighted by Gasteiger charge is 2.43. The first kappa shape index (κ1) is 14.8. The van der Waals surface area contributed by atoms with Gasteiger partial charge in [-0.2, -0.15) is 5.10 Å². The van der Waals surface area contributed by atoms with Crippen molar-refractivity contribution < 1.29 is 8.42 Å². The van der Waals surface area contributed by atoms with E-state index in [-0.39, 0.29) is 0 Å². The molecule has 2 heterocycles. The molecule has 1 saturated carbocycles. The van der Waals surface area contributed by atoms with Crippen molar-refractivity contribution in [1.29, 1.82) is 0 Å². The number of nitrogens with one attached hydrogen (secondary N) is 1. The van der Waals surface area contributed by atoms with E-state index in [1.165, 1.54) is 6.26 Å². The molecule has 0 amide bonds. The van der Waals surface area contributed by atoms with E-state index in [9.17, 15) is 8.42 Å². The monoisotopic (exact) mass is 372 g/mol. The first-order valence-electron chi connectivity index (χ1n) is 6.84. The maximum Gasteiger partial charge on any atom is 0.154 e. The zero-order valence-corrected chi connectivity index (χ0v) is 14.1. The SMILES string of the molecule is CS(=O)(=O)C1(CNc2nccn3ncc(Br)c23)CCCC1. The smallest absolute Gasteiger partial charge is 0.154 e. The molecule has 6 nitrogen and oxygen atoms in total. The first-order chi connectivity index (χ1) is 9.93. The number of halogens is 1. The summed E-state index contributed by atoms with van der Waals surface area (Å²) in [6.07, 6.45) is 9.78. The number of hydrogen-bond acceptors (Lipinski definition) is 5. The van der Waals surface area contributed by atoms with Crippen LogP contribution in [0.4, 0.5) is 5.82 Å². The molecular weight excluding hydrogens is 356 g/mol. The molecule has 21 heavy (non-hydrogen) atoms. The van der Waals surface area contributed by atoms with E-state index >= 15 is 0 Å². The topological polar surface area (TPSA) is 76.4 Å². The van der Waals surface area contributed by atoms with Gasteiger partial charge in [0.1, 0.15) is 5.52 Å². The van der Waals surface area contributed by atoms with Crippen molar-refractivity contribution in [3.63, 3.8) is 0 Å². The number of hydrogen-bond donors (Lipinski definition) is 1. The van der Waals surface area contributed by atoms with Crippen LogP contribution in [-0.4, -0.2) is 40.6 Å². The van der Waals surface area contributed by atoms with Crippen molar-refractivity contribution in [2.24, 2.45) is 0 Å². The number of nitrogens with zero attached hydrogens (tertiary/aromatic N) is 3. The second kappa shape index (κ2) is 5.24. The van der Waals surface area contributed by atoms with E-state index in [0.717, 1.165) is 22.8 Å². The minimum absolute atomic E-state index is 0.385. The Bertz CT molecular complexity index is 766. The molecule has 8 heteroatoms. The van der Waals surface area contributed by atoms with Gasteiger partial charge in [0.15, 0.2) is 15.7 Å². The van der Waals surface area contributed by atoms with Gasteiger partial charge in [0.2, 0.25) is 0 Å². The second-order valence-corrected chi connectivity index (χ2v) is 8.84. The molecule has 3 rings (SSSR count). The molecule has 0 aromatic carbocycles. The zero-order valence-electron chi connectivity index (χ0n) is 11.7. The van der Waals surface area contributed by atoms with Gasteiger partial charge >= 0.3 is 0 Å². The second-order valence-electron chi connectivity index (χ2n) is 5.58. The Morgan fingerprint density at radius 2 is 2.14 bits per heavy atom. The maximum atomic E-state index is 12.2. The van der Waals surface area contributed by atoms with E-state index < -0.39 is 14.6 Å². The normalized spacial score (nSPS) is 18.2. The van der Waals surface area contributed by atoms with E-state index in [1.807, 2.05) is 0 Å². The van der Waals surface area contributed by atoms with Crippen LogP contribution in [0, 0.1) is 0 Å². The molecule has 2 aromatic rings. The summed E-state index contributed by atoms with van der Waals surface area (Å²) in [4.78, 5) is 4.32. The van der Waals surface area contributed by atoms with E-state index in [2.05, 4.69) is 31.3 Å². The van der Waals surface area contributed by atoms with Gasteiger partial charge in [-0.3, -0.25) is 0 Å². The van der Waals surface area contributed by atoms with Crippen LogP contribution in [0.3, 0.4) is 0 Å². The molecule has 1 fully saturated rings. The molecule has 1 aliphatic carbocycles. The fourth-order valence-corrected chi connectivity index (χ4v) is 4.81. The van der Waals surface area contributed by atoms with Crippen LogP contribution in [0.1, 0.15) is 25.7 Å². The zero-order chi connectivity index (χ0) is 15.1. The highest BCUT2D eigenvalue weighted by atomic mass is 79.9. The van der Waals surface area contributed by atoms with Gasteiger partial charge in [-0.1, -0.05) is 12.8 Å². The van der Waals surface area contributed by atoms with E-state index in [4.69, 9.17) is 0 Å². The van der Waals surface area contributed by atoms with Crippen LogP contribution in [0.25, 0.3) is 5.52 Å². The van der Waals surface area contributed by atoms with Gasteiger partial charge in [-0.15, -0.1) is 0 Å². The van der Waals surface area contributed by atoms with Gasteiger partial charge < -0.3 is 5.32 Å². The van der Waals surface area contributed by atoms with Crippen molar-refractivity contribution in [2.75, 3.05) is 18.1 Å². The van der Waals surface area contributed by atoms with Gasteiger partial charge in [0, 0.05) is 25.2 Å². The minimum atomic E-state index is -3.11. The quantitative estimate of drug-likeness (QED) is 0.890. The van der Waals surface area contributed by atoms with Crippen molar-refractivity contribution in [3.8, 4) is 0 Å². The Labute approximate surface area is 132 Å².